The van der Waals surface area contributed by atoms with Crippen molar-refractivity contribution in [3.63, 3.8) is 0 Å². The van der Waals surface area contributed by atoms with Gasteiger partial charge in [0.2, 0.25) is 0 Å². The number of amides is 1. The van der Waals surface area contributed by atoms with E-state index in [1.54, 1.807) is 18.5 Å². The quantitative estimate of drug-likeness (QED) is 0.506. The summed E-state index contributed by atoms with van der Waals surface area (Å²) in [6, 6.07) is 0. The molecule has 0 spiro atoms. The van der Waals surface area contributed by atoms with E-state index in [1.807, 2.05) is 0 Å². The first kappa shape index (κ1) is 11.2. The molecule has 82 valence electrons. The molecule has 1 aliphatic heterocycles. The molecular formula is C9H12N2O4. The van der Waals surface area contributed by atoms with E-state index in [0.29, 0.717) is 0 Å². The Morgan fingerprint density at radius 2 is 2.13 bits per heavy atom. The van der Waals surface area contributed by atoms with Crippen LogP contribution in [0.2, 0.25) is 0 Å². The molecule has 1 rings (SSSR count). The van der Waals surface area contributed by atoms with Crippen molar-refractivity contribution >= 4 is 18.3 Å². The molecule has 0 atom stereocenters. The molecule has 0 saturated carbocycles. The first-order chi connectivity index (χ1) is 7.20. The molecule has 1 heterocycles. The van der Waals surface area contributed by atoms with Gasteiger partial charge in [-0.3, -0.25) is 14.7 Å². The Morgan fingerprint density at radius 3 is 2.73 bits per heavy atom. The summed E-state index contributed by atoms with van der Waals surface area (Å²) in [6.45, 7) is 1.67. The van der Waals surface area contributed by atoms with Crippen molar-refractivity contribution in [3.8, 4) is 0 Å². The number of hydrogen-bond donors (Lipinski definition) is 0. The van der Waals surface area contributed by atoms with Crippen molar-refractivity contribution in [2.45, 2.75) is 6.92 Å². The maximum Gasteiger partial charge on any atom is 0.415 e. The van der Waals surface area contributed by atoms with Crippen LogP contribution in [0.25, 0.3) is 0 Å². The fraction of sp³-hybridized carbons (Fsp3) is 0.444. The van der Waals surface area contributed by atoms with Crippen LogP contribution in [0.3, 0.4) is 0 Å². The largest absolute Gasteiger partial charge is 0.462 e. The molecule has 0 N–H and O–H groups in total. The van der Waals surface area contributed by atoms with E-state index in [2.05, 4.69) is 9.73 Å². The molecule has 0 fully saturated rings. The summed E-state index contributed by atoms with van der Waals surface area (Å²) < 4.78 is 9.41. The van der Waals surface area contributed by atoms with E-state index < -0.39 is 12.1 Å². The number of hydrogen-bond acceptors (Lipinski definition) is 5. The minimum atomic E-state index is -0.504. The van der Waals surface area contributed by atoms with Gasteiger partial charge in [0.1, 0.15) is 19.9 Å². The van der Waals surface area contributed by atoms with Gasteiger partial charge in [-0.2, -0.15) is 0 Å². The minimum absolute atomic E-state index is 0.0481. The van der Waals surface area contributed by atoms with Gasteiger partial charge in [0.15, 0.2) is 0 Å². The predicted octanol–water partition coefficient (Wildman–Crippen LogP) is 0.544. The van der Waals surface area contributed by atoms with Gasteiger partial charge in [0.25, 0.3) is 0 Å². The van der Waals surface area contributed by atoms with E-state index in [4.69, 9.17) is 4.74 Å². The third-order valence-electron chi connectivity index (χ3n) is 1.54. The summed E-state index contributed by atoms with van der Waals surface area (Å²) in [5, 5.41) is 0. The second-order valence-electron chi connectivity index (χ2n) is 2.74. The Labute approximate surface area is 87.2 Å². The van der Waals surface area contributed by atoms with Gasteiger partial charge < -0.3 is 9.47 Å². The van der Waals surface area contributed by atoms with Crippen LogP contribution in [0.4, 0.5) is 4.79 Å². The molecule has 0 radical (unpaired) electrons. The van der Waals surface area contributed by atoms with Crippen molar-refractivity contribution in [1.82, 2.24) is 4.90 Å². The van der Waals surface area contributed by atoms with E-state index in [9.17, 15) is 9.59 Å². The van der Waals surface area contributed by atoms with Crippen molar-refractivity contribution < 1.29 is 19.1 Å². The molecule has 0 aromatic carbocycles. The summed E-state index contributed by atoms with van der Waals surface area (Å²) in [6.07, 6.45) is 4.30. The topological polar surface area (TPSA) is 68.2 Å². The molecule has 0 aromatic heterocycles. The average molecular weight is 212 g/mol. The molecule has 6 nitrogen and oxygen atoms in total. The lowest BCUT2D eigenvalue weighted by Gasteiger charge is -2.17. The van der Waals surface area contributed by atoms with Crippen LogP contribution in [0.5, 0.6) is 0 Å². The molecule has 0 bridgehead atoms. The molecule has 0 aromatic rings. The lowest BCUT2D eigenvalue weighted by atomic mass is 10.5. The van der Waals surface area contributed by atoms with Crippen LogP contribution in [-0.4, -0.2) is 43.1 Å². The maximum absolute atomic E-state index is 11.3. The number of carbonyl (C=O) groups excluding carboxylic acids is 2. The molecule has 1 amide bonds. The third kappa shape index (κ3) is 4.26. The van der Waals surface area contributed by atoms with Crippen LogP contribution in [-0.2, 0) is 14.3 Å². The highest BCUT2D eigenvalue weighted by molar-refractivity contribution is 5.76. The number of aliphatic imine (C=N–C) groups is 1. The molecule has 0 unspecified atom stereocenters. The molecule has 0 aliphatic carbocycles. The van der Waals surface area contributed by atoms with Gasteiger partial charge in [-0.05, 0) is 6.08 Å². The zero-order valence-corrected chi connectivity index (χ0v) is 8.38. The van der Waals surface area contributed by atoms with Crippen LogP contribution >= 0.6 is 0 Å². The highest BCUT2D eigenvalue weighted by Gasteiger charge is 2.12. The van der Waals surface area contributed by atoms with Crippen molar-refractivity contribution in [3.05, 3.63) is 12.3 Å². The Hall–Kier alpha value is -1.85. The van der Waals surface area contributed by atoms with E-state index >= 15 is 0 Å². The average Bonchev–Trinajstić information content (AvgIpc) is 2.25. The van der Waals surface area contributed by atoms with Gasteiger partial charge in [0, 0.05) is 19.3 Å². The van der Waals surface area contributed by atoms with E-state index in [-0.39, 0.29) is 19.9 Å². The standard InChI is InChI=1S/C9H12N2O4/c1-8(12)14-5-6-15-9(13)11-4-2-3-10-7-11/h2-4H,5-7H2,1H3. The smallest absolute Gasteiger partial charge is 0.415 e. The van der Waals surface area contributed by atoms with Gasteiger partial charge in [-0.25, -0.2) is 4.79 Å². The summed E-state index contributed by atoms with van der Waals surface area (Å²) >= 11 is 0. The molecule has 15 heavy (non-hydrogen) atoms. The second kappa shape index (κ2) is 5.79. The van der Waals surface area contributed by atoms with E-state index in [0.717, 1.165) is 0 Å². The molecule has 6 heteroatoms. The van der Waals surface area contributed by atoms with E-state index in [1.165, 1.54) is 11.8 Å². The monoisotopic (exact) mass is 212 g/mol. The first-order valence-corrected chi connectivity index (χ1v) is 4.43. The Kier molecular flexibility index (Phi) is 4.33. The second-order valence-corrected chi connectivity index (χ2v) is 2.74. The van der Waals surface area contributed by atoms with Crippen molar-refractivity contribution in [2.75, 3.05) is 19.9 Å². The van der Waals surface area contributed by atoms with Crippen LogP contribution in [0, 0.1) is 0 Å². The van der Waals surface area contributed by atoms with Gasteiger partial charge >= 0.3 is 12.1 Å². The number of nitrogens with zero attached hydrogens (tertiary/aromatic N) is 2. The summed E-state index contributed by atoms with van der Waals surface area (Å²) in [5.41, 5.74) is 0. The summed E-state index contributed by atoms with van der Waals surface area (Å²) in [4.78, 5) is 26.8. The fourth-order valence-electron chi connectivity index (χ4n) is 0.901. The first-order valence-electron chi connectivity index (χ1n) is 4.43. The van der Waals surface area contributed by atoms with Crippen LogP contribution in [0.15, 0.2) is 17.3 Å². The van der Waals surface area contributed by atoms with Gasteiger partial charge in [-0.15, -0.1) is 0 Å². The number of esters is 1. The highest BCUT2D eigenvalue weighted by Crippen LogP contribution is 1.99. The summed E-state index contributed by atoms with van der Waals surface area (Å²) in [5.74, 6) is -0.395. The Morgan fingerprint density at radius 1 is 1.40 bits per heavy atom. The van der Waals surface area contributed by atoms with Gasteiger partial charge in [-0.1, -0.05) is 0 Å². The summed E-state index contributed by atoms with van der Waals surface area (Å²) in [7, 11) is 0. The number of carbonyl (C=O) groups is 2. The lowest BCUT2D eigenvalue weighted by molar-refractivity contribution is -0.142. The van der Waals surface area contributed by atoms with Crippen LogP contribution < -0.4 is 0 Å². The minimum Gasteiger partial charge on any atom is -0.462 e. The molecule has 0 saturated heterocycles. The zero-order chi connectivity index (χ0) is 11.1. The van der Waals surface area contributed by atoms with Crippen molar-refractivity contribution in [1.29, 1.82) is 0 Å². The highest BCUT2D eigenvalue weighted by atomic mass is 16.6. The SMILES string of the molecule is CC(=O)OCCOC(=O)N1C=CC=NC1. The fourth-order valence-corrected chi connectivity index (χ4v) is 0.901. The van der Waals surface area contributed by atoms with Gasteiger partial charge in [0.05, 0.1) is 0 Å². The Balaban J connectivity index is 2.16. The number of rotatable bonds is 3. The predicted molar refractivity (Wildman–Crippen MR) is 52.3 cm³/mol. The maximum atomic E-state index is 11.3. The Bertz CT molecular complexity index is 298. The zero-order valence-electron chi connectivity index (χ0n) is 8.38. The number of allylic oxidation sites excluding steroid dienone is 1. The molecular weight excluding hydrogens is 200 g/mol. The normalized spacial score (nSPS) is 13.8. The van der Waals surface area contributed by atoms with Crippen molar-refractivity contribution in [2.24, 2.45) is 4.99 Å². The number of ether oxygens (including phenoxy) is 2. The third-order valence-corrected chi connectivity index (χ3v) is 1.54. The molecule has 1 aliphatic rings. The lowest BCUT2D eigenvalue weighted by Crippen LogP contribution is -2.29. The van der Waals surface area contributed by atoms with Crippen LogP contribution in [0.1, 0.15) is 6.92 Å².